The summed E-state index contributed by atoms with van der Waals surface area (Å²) in [7, 11) is 0. The SMILES string of the molecule is CC1=C(c2cccc(C#N)c2F)COc2ccc(O)cc21. The van der Waals surface area contributed by atoms with Crippen molar-refractivity contribution in [2.45, 2.75) is 6.92 Å². The van der Waals surface area contributed by atoms with Gasteiger partial charge in [0, 0.05) is 16.7 Å². The van der Waals surface area contributed by atoms with E-state index in [9.17, 15) is 9.50 Å². The summed E-state index contributed by atoms with van der Waals surface area (Å²) < 4.78 is 20.0. The molecule has 21 heavy (non-hydrogen) atoms. The van der Waals surface area contributed by atoms with Crippen LogP contribution in [0.4, 0.5) is 4.39 Å². The largest absolute Gasteiger partial charge is 0.508 e. The molecular weight excluding hydrogens is 269 g/mol. The summed E-state index contributed by atoms with van der Waals surface area (Å²) >= 11 is 0. The first-order valence-corrected chi connectivity index (χ1v) is 6.46. The maximum Gasteiger partial charge on any atom is 0.148 e. The van der Waals surface area contributed by atoms with Crippen molar-refractivity contribution in [1.29, 1.82) is 5.26 Å². The van der Waals surface area contributed by atoms with Gasteiger partial charge in [0.25, 0.3) is 0 Å². The summed E-state index contributed by atoms with van der Waals surface area (Å²) in [6.07, 6.45) is 0. The Morgan fingerprint density at radius 1 is 1.24 bits per heavy atom. The molecule has 1 heterocycles. The lowest BCUT2D eigenvalue weighted by atomic mass is 9.92. The number of nitrogens with zero attached hydrogens (tertiary/aromatic N) is 1. The van der Waals surface area contributed by atoms with Gasteiger partial charge >= 0.3 is 0 Å². The van der Waals surface area contributed by atoms with Gasteiger partial charge in [-0.05, 0) is 36.8 Å². The highest BCUT2D eigenvalue weighted by molar-refractivity contribution is 5.94. The number of aromatic hydroxyl groups is 1. The zero-order valence-corrected chi connectivity index (χ0v) is 11.4. The molecule has 2 aromatic carbocycles. The molecule has 0 spiro atoms. The molecule has 3 rings (SSSR count). The lowest BCUT2D eigenvalue weighted by Crippen LogP contribution is -2.11. The van der Waals surface area contributed by atoms with E-state index in [1.807, 2.05) is 13.0 Å². The molecule has 2 aromatic rings. The number of hydrogen-bond donors (Lipinski definition) is 1. The van der Waals surface area contributed by atoms with E-state index < -0.39 is 5.82 Å². The smallest absolute Gasteiger partial charge is 0.148 e. The Hall–Kier alpha value is -2.80. The lowest BCUT2D eigenvalue weighted by Gasteiger charge is -2.23. The van der Waals surface area contributed by atoms with Crippen molar-refractivity contribution in [2.24, 2.45) is 0 Å². The van der Waals surface area contributed by atoms with Gasteiger partial charge in [-0.3, -0.25) is 0 Å². The molecule has 4 heteroatoms. The maximum absolute atomic E-state index is 14.3. The van der Waals surface area contributed by atoms with Crippen LogP contribution in [0, 0.1) is 17.1 Å². The van der Waals surface area contributed by atoms with Gasteiger partial charge in [0.15, 0.2) is 0 Å². The molecule has 1 N–H and O–H groups in total. The number of phenolic OH excluding ortho intramolecular Hbond substituents is 1. The molecule has 0 fully saturated rings. The average Bonchev–Trinajstić information content (AvgIpc) is 2.49. The molecular formula is C17H12FNO2. The number of benzene rings is 2. The fourth-order valence-corrected chi connectivity index (χ4v) is 2.49. The van der Waals surface area contributed by atoms with Crippen LogP contribution in [-0.4, -0.2) is 11.7 Å². The quantitative estimate of drug-likeness (QED) is 0.866. The number of phenols is 1. The Balaban J connectivity index is 2.20. The summed E-state index contributed by atoms with van der Waals surface area (Å²) in [5, 5.41) is 18.5. The van der Waals surface area contributed by atoms with Gasteiger partial charge in [-0.2, -0.15) is 5.26 Å². The van der Waals surface area contributed by atoms with E-state index in [2.05, 4.69) is 0 Å². The second kappa shape index (κ2) is 4.95. The number of allylic oxidation sites excluding steroid dienone is 1. The summed E-state index contributed by atoms with van der Waals surface area (Å²) in [5.41, 5.74) is 2.62. The second-order valence-electron chi connectivity index (χ2n) is 4.85. The molecule has 0 aliphatic carbocycles. The van der Waals surface area contributed by atoms with E-state index in [1.54, 1.807) is 30.3 Å². The fraction of sp³-hybridized carbons (Fsp3) is 0.118. The van der Waals surface area contributed by atoms with Gasteiger partial charge < -0.3 is 9.84 Å². The highest BCUT2D eigenvalue weighted by Crippen LogP contribution is 2.39. The second-order valence-corrected chi connectivity index (χ2v) is 4.85. The number of halogens is 1. The van der Waals surface area contributed by atoms with Crippen LogP contribution in [0.15, 0.2) is 36.4 Å². The van der Waals surface area contributed by atoms with Crippen molar-refractivity contribution in [3.8, 4) is 17.6 Å². The van der Waals surface area contributed by atoms with E-state index in [-0.39, 0.29) is 17.9 Å². The zero-order valence-electron chi connectivity index (χ0n) is 11.4. The predicted octanol–water partition coefficient (Wildman–Crippen LogP) is 3.73. The molecule has 0 saturated heterocycles. The van der Waals surface area contributed by atoms with Crippen molar-refractivity contribution in [3.63, 3.8) is 0 Å². The Morgan fingerprint density at radius 2 is 2.05 bits per heavy atom. The minimum atomic E-state index is -0.540. The maximum atomic E-state index is 14.3. The van der Waals surface area contributed by atoms with Crippen LogP contribution in [0.2, 0.25) is 0 Å². The summed E-state index contributed by atoms with van der Waals surface area (Å²) in [6, 6.07) is 11.4. The first-order valence-electron chi connectivity index (χ1n) is 6.46. The first kappa shape index (κ1) is 13.2. The van der Waals surface area contributed by atoms with Gasteiger partial charge in [0.1, 0.15) is 30.0 Å². The summed E-state index contributed by atoms with van der Waals surface area (Å²) in [6.45, 7) is 2.09. The molecule has 0 aromatic heterocycles. The Bertz CT molecular complexity index is 803. The first-order chi connectivity index (χ1) is 10.1. The Labute approximate surface area is 121 Å². The van der Waals surface area contributed by atoms with Crippen LogP contribution in [0.1, 0.15) is 23.6 Å². The van der Waals surface area contributed by atoms with Crippen LogP contribution in [-0.2, 0) is 0 Å². The van der Waals surface area contributed by atoms with Crippen molar-refractivity contribution in [1.82, 2.24) is 0 Å². The van der Waals surface area contributed by atoms with E-state index >= 15 is 0 Å². The standard InChI is InChI=1S/C17H12FNO2/c1-10-14-7-12(20)5-6-16(14)21-9-15(10)13-4-2-3-11(8-19)17(13)18/h2-7,20H,9H2,1H3. The highest BCUT2D eigenvalue weighted by atomic mass is 19.1. The minimum absolute atomic E-state index is 0.00880. The molecule has 0 unspecified atom stereocenters. The molecule has 0 radical (unpaired) electrons. The van der Waals surface area contributed by atoms with Crippen LogP contribution in [0.3, 0.4) is 0 Å². The number of hydrogen-bond acceptors (Lipinski definition) is 3. The normalized spacial score (nSPS) is 13.4. The van der Waals surface area contributed by atoms with E-state index in [4.69, 9.17) is 10.00 Å². The fourth-order valence-electron chi connectivity index (χ4n) is 2.49. The third-order valence-electron chi connectivity index (χ3n) is 3.64. The number of nitriles is 1. The van der Waals surface area contributed by atoms with Crippen molar-refractivity contribution in [3.05, 3.63) is 58.9 Å². The van der Waals surface area contributed by atoms with Gasteiger partial charge in [-0.25, -0.2) is 4.39 Å². The van der Waals surface area contributed by atoms with Crippen LogP contribution in [0.5, 0.6) is 11.5 Å². The van der Waals surface area contributed by atoms with Gasteiger partial charge in [-0.1, -0.05) is 12.1 Å². The van der Waals surface area contributed by atoms with Crippen molar-refractivity contribution < 1.29 is 14.2 Å². The lowest BCUT2D eigenvalue weighted by molar-refractivity contribution is 0.362. The number of rotatable bonds is 1. The van der Waals surface area contributed by atoms with Crippen LogP contribution < -0.4 is 4.74 Å². The molecule has 0 atom stereocenters. The molecule has 1 aliphatic heterocycles. The minimum Gasteiger partial charge on any atom is -0.508 e. The molecule has 104 valence electrons. The van der Waals surface area contributed by atoms with Crippen LogP contribution in [0.25, 0.3) is 11.1 Å². The van der Waals surface area contributed by atoms with E-state index in [0.717, 1.165) is 11.1 Å². The van der Waals surface area contributed by atoms with Crippen LogP contribution >= 0.6 is 0 Å². The third-order valence-corrected chi connectivity index (χ3v) is 3.64. The van der Waals surface area contributed by atoms with Gasteiger partial charge in [0.2, 0.25) is 0 Å². The predicted molar refractivity (Wildman–Crippen MR) is 77.2 cm³/mol. The topological polar surface area (TPSA) is 53.2 Å². The van der Waals surface area contributed by atoms with E-state index in [1.165, 1.54) is 6.07 Å². The highest BCUT2D eigenvalue weighted by Gasteiger charge is 2.21. The number of fused-ring (bicyclic) bond motifs is 1. The zero-order chi connectivity index (χ0) is 15.0. The molecule has 1 aliphatic rings. The van der Waals surface area contributed by atoms with Gasteiger partial charge in [0.05, 0.1) is 5.56 Å². The monoisotopic (exact) mass is 281 g/mol. The molecule has 3 nitrogen and oxygen atoms in total. The van der Waals surface area contributed by atoms with E-state index in [0.29, 0.717) is 16.9 Å². The molecule has 0 saturated carbocycles. The van der Waals surface area contributed by atoms with Gasteiger partial charge in [-0.15, -0.1) is 0 Å². The van der Waals surface area contributed by atoms with Crippen molar-refractivity contribution >= 4 is 11.1 Å². The number of ether oxygens (including phenoxy) is 1. The molecule has 0 bridgehead atoms. The molecule has 0 amide bonds. The average molecular weight is 281 g/mol. The van der Waals surface area contributed by atoms with Crippen molar-refractivity contribution in [2.75, 3.05) is 6.61 Å². The summed E-state index contributed by atoms with van der Waals surface area (Å²) in [4.78, 5) is 0. The summed E-state index contributed by atoms with van der Waals surface area (Å²) in [5.74, 6) is 0.247. The third kappa shape index (κ3) is 2.13. The Kier molecular flexibility index (Phi) is 3.11. The Morgan fingerprint density at radius 3 is 2.81 bits per heavy atom.